The van der Waals surface area contributed by atoms with Crippen LogP contribution in [0.2, 0.25) is 0 Å². The van der Waals surface area contributed by atoms with Crippen molar-refractivity contribution >= 4 is 11.9 Å². The van der Waals surface area contributed by atoms with Crippen LogP contribution in [0, 0.1) is 5.92 Å². The third-order valence-electron chi connectivity index (χ3n) is 4.90. The summed E-state index contributed by atoms with van der Waals surface area (Å²) in [5, 5.41) is 3.93. The minimum absolute atomic E-state index is 0.0982. The maximum absolute atomic E-state index is 12.3. The summed E-state index contributed by atoms with van der Waals surface area (Å²) in [7, 11) is 0. The highest BCUT2D eigenvalue weighted by atomic mass is 16.6. The van der Waals surface area contributed by atoms with Crippen LogP contribution in [0.4, 0.5) is 0 Å². The van der Waals surface area contributed by atoms with Crippen molar-refractivity contribution in [2.75, 3.05) is 6.54 Å². The predicted octanol–water partition coefficient (Wildman–Crippen LogP) is 2.98. The molecule has 1 fully saturated rings. The fourth-order valence-corrected chi connectivity index (χ4v) is 3.24. The van der Waals surface area contributed by atoms with Crippen molar-refractivity contribution in [2.24, 2.45) is 5.92 Å². The SMILES string of the molecule is CCc1ccc(-c2noc(COC(=O)[C@@H]3CC(=O)N(Cc4ccco4)C3)n2)cc1. The summed E-state index contributed by atoms with van der Waals surface area (Å²) in [5.41, 5.74) is 2.05. The molecule has 0 unspecified atom stereocenters. The Balaban J connectivity index is 1.30. The lowest BCUT2D eigenvalue weighted by atomic mass is 10.1. The van der Waals surface area contributed by atoms with E-state index in [9.17, 15) is 9.59 Å². The molecule has 3 heterocycles. The summed E-state index contributed by atoms with van der Waals surface area (Å²) in [6.07, 6.45) is 2.63. The topological polar surface area (TPSA) is 98.7 Å². The van der Waals surface area contributed by atoms with Gasteiger partial charge in [-0.05, 0) is 24.1 Å². The molecule has 4 rings (SSSR count). The highest BCUT2D eigenvalue weighted by molar-refractivity contribution is 5.86. The fourth-order valence-electron chi connectivity index (χ4n) is 3.24. The number of ether oxygens (including phenoxy) is 1. The lowest BCUT2D eigenvalue weighted by Gasteiger charge is -2.14. The van der Waals surface area contributed by atoms with E-state index in [4.69, 9.17) is 13.7 Å². The van der Waals surface area contributed by atoms with Gasteiger partial charge in [-0.1, -0.05) is 36.3 Å². The maximum Gasteiger partial charge on any atom is 0.311 e. The van der Waals surface area contributed by atoms with Gasteiger partial charge in [-0.15, -0.1) is 0 Å². The van der Waals surface area contributed by atoms with Crippen LogP contribution < -0.4 is 0 Å². The standard InChI is InChI=1S/C21H21N3O5/c1-2-14-5-7-15(8-6-14)20-22-18(29-23-20)13-28-21(26)16-10-19(25)24(11-16)12-17-4-3-9-27-17/h3-9,16H,2,10-13H2,1H3/t16-/m1/s1. The molecular formula is C21H21N3O5. The number of carbonyl (C=O) groups excluding carboxylic acids is 2. The van der Waals surface area contributed by atoms with Crippen LogP contribution in [-0.4, -0.2) is 33.5 Å². The second-order valence-corrected chi connectivity index (χ2v) is 6.92. The molecule has 29 heavy (non-hydrogen) atoms. The normalized spacial score (nSPS) is 16.4. The Labute approximate surface area is 167 Å². The number of aryl methyl sites for hydroxylation is 1. The number of benzene rings is 1. The molecule has 2 aromatic heterocycles. The molecule has 150 valence electrons. The van der Waals surface area contributed by atoms with Crippen LogP contribution in [0.1, 0.15) is 30.6 Å². The fraction of sp³-hybridized carbons (Fsp3) is 0.333. The Hall–Kier alpha value is -3.42. The quantitative estimate of drug-likeness (QED) is 0.567. The zero-order chi connectivity index (χ0) is 20.2. The van der Waals surface area contributed by atoms with Crippen molar-refractivity contribution in [3.63, 3.8) is 0 Å². The molecule has 1 amide bonds. The number of nitrogens with zero attached hydrogens (tertiary/aromatic N) is 3. The number of aromatic nitrogens is 2. The van der Waals surface area contributed by atoms with E-state index in [1.54, 1.807) is 23.3 Å². The van der Waals surface area contributed by atoms with Crippen molar-refractivity contribution in [1.82, 2.24) is 15.0 Å². The molecule has 8 heteroatoms. The van der Waals surface area contributed by atoms with Crippen LogP contribution in [0.25, 0.3) is 11.4 Å². The van der Waals surface area contributed by atoms with Gasteiger partial charge in [-0.3, -0.25) is 9.59 Å². The molecule has 0 N–H and O–H groups in total. The van der Waals surface area contributed by atoms with E-state index >= 15 is 0 Å². The molecule has 0 aliphatic carbocycles. The Kier molecular flexibility index (Phi) is 5.41. The van der Waals surface area contributed by atoms with Crippen molar-refractivity contribution in [3.05, 3.63) is 59.9 Å². The van der Waals surface area contributed by atoms with Gasteiger partial charge in [0, 0.05) is 18.5 Å². The van der Waals surface area contributed by atoms with Gasteiger partial charge in [0.25, 0.3) is 5.89 Å². The lowest BCUT2D eigenvalue weighted by Crippen LogP contribution is -2.26. The van der Waals surface area contributed by atoms with E-state index in [-0.39, 0.29) is 24.8 Å². The Morgan fingerprint density at radius 2 is 2.10 bits per heavy atom. The van der Waals surface area contributed by atoms with Crippen molar-refractivity contribution in [2.45, 2.75) is 32.9 Å². The van der Waals surface area contributed by atoms with E-state index in [1.165, 1.54) is 5.56 Å². The van der Waals surface area contributed by atoms with Crippen molar-refractivity contribution in [3.8, 4) is 11.4 Å². The number of hydrogen-bond acceptors (Lipinski definition) is 7. The highest BCUT2D eigenvalue weighted by Crippen LogP contribution is 2.22. The first-order valence-electron chi connectivity index (χ1n) is 9.51. The summed E-state index contributed by atoms with van der Waals surface area (Å²) >= 11 is 0. The maximum atomic E-state index is 12.3. The first-order chi connectivity index (χ1) is 14.1. The number of furan rings is 1. The molecular weight excluding hydrogens is 374 g/mol. The molecule has 1 aromatic carbocycles. The number of hydrogen-bond donors (Lipinski definition) is 0. The summed E-state index contributed by atoms with van der Waals surface area (Å²) in [5.74, 6) is 0.273. The summed E-state index contributed by atoms with van der Waals surface area (Å²) in [6.45, 7) is 2.61. The van der Waals surface area contributed by atoms with Crippen molar-refractivity contribution < 1.29 is 23.3 Å². The van der Waals surface area contributed by atoms with Crippen LogP contribution >= 0.6 is 0 Å². The molecule has 1 aliphatic heterocycles. The third kappa shape index (κ3) is 4.37. The molecule has 1 saturated heterocycles. The van der Waals surface area contributed by atoms with Crippen LogP contribution in [0.5, 0.6) is 0 Å². The average Bonchev–Trinajstić information content (AvgIpc) is 3.49. The van der Waals surface area contributed by atoms with Gasteiger partial charge >= 0.3 is 5.97 Å². The van der Waals surface area contributed by atoms with E-state index in [0.29, 0.717) is 24.7 Å². The molecule has 0 saturated carbocycles. The smallest absolute Gasteiger partial charge is 0.311 e. The molecule has 1 aliphatic rings. The number of esters is 1. The number of rotatable bonds is 7. The number of likely N-dealkylation sites (tertiary alicyclic amines) is 1. The Morgan fingerprint density at radius 3 is 2.83 bits per heavy atom. The minimum atomic E-state index is -0.513. The monoisotopic (exact) mass is 395 g/mol. The summed E-state index contributed by atoms with van der Waals surface area (Å²) in [6, 6.07) is 11.4. The Bertz CT molecular complexity index is 978. The van der Waals surface area contributed by atoms with Gasteiger partial charge in [-0.25, -0.2) is 0 Å². The van der Waals surface area contributed by atoms with E-state index in [1.807, 2.05) is 24.3 Å². The van der Waals surface area contributed by atoms with Gasteiger partial charge in [0.1, 0.15) is 5.76 Å². The zero-order valence-electron chi connectivity index (χ0n) is 16.0. The molecule has 0 spiro atoms. The second-order valence-electron chi connectivity index (χ2n) is 6.92. The average molecular weight is 395 g/mol. The second kappa shape index (κ2) is 8.30. The molecule has 0 bridgehead atoms. The number of carbonyl (C=O) groups is 2. The molecule has 8 nitrogen and oxygen atoms in total. The van der Waals surface area contributed by atoms with Gasteiger partial charge in [0.05, 0.1) is 18.7 Å². The Morgan fingerprint density at radius 1 is 1.28 bits per heavy atom. The van der Waals surface area contributed by atoms with Crippen LogP contribution in [-0.2, 0) is 33.9 Å². The highest BCUT2D eigenvalue weighted by Gasteiger charge is 2.35. The first kappa shape index (κ1) is 18.9. The predicted molar refractivity (Wildman–Crippen MR) is 101 cm³/mol. The van der Waals surface area contributed by atoms with Gasteiger partial charge in [0.15, 0.2) is 6.61 Å². The number of amides is 1. The summed E-state index contributed by atoms with van der Waals surface area (Å²) in [4.78, 5) is 30.3. The van der Waals surface area contributed by atoms with Crippen LogP contribution in [0.3, 0.4) is 0 Å². The molecule has 3 aromatic rings. The van der Waals surface area contributed by atoms with Gasteiger partial charge in [0.2, 0.25) is 11.7 Å². The third-order valence-corrected chi connectivity index (χ3v) is 4.90. The van der Waals surface area contributed by atoms with Gasteiger partial charge in [-0.2, -0.15) is 4.98 Å². The largest absolute Gasteiger partial charge is 0.467 e. The van der Waals surface area contributed by atoms with E-state index in [0.717, 1.165) is 12.0 Å². The minimum Gasteiger partial charge on any atom is -0.467 e. The molecule has 1 atom stereocenters. The first-order valence-corrected chi connectivity index (χ1v) is 9.51. The van der Waals surface area contributed by atoms with E-state index in [2.05, 4.69) is 17.1 Å². The summed E-state index contributed by atoms with van der Waals surface area (Å²) < 4.78 is 15.7. The van der Waals surface area contributed by atoms with E-state index < -0.39 is 11.9 Å². The molecule has 0 radical (unpaired) electrons. The zero-order valence-corrected chi connectivity index (χ0v) is 16.0. The van der Waals surface area contributed by atoms with Gasteiger partial charge < -0.3 is 18.6 Å². The van der Waals surface area contributed by atoms with Crippen LogP contribution in [0.15, 0.2) is 51.6 Å². The van der Waals surface area contributed by atoms with Crippen molar-refractivity contribution in [1.29, 1.82) is 0 Å². The lowest BCUT2D eigenvalue weighted by molar-refractivity contribution is -0.150.